The van der Waals surface area contributed by atoms with E-state index in [2.05, 4.69) is 21.0 Å². The molecule has 21 heavy (non-hydrogen) atoms. The average molecular weight is 280 g/mol. The van der Waals surface area contributed by atoms with Crippen molar-refractivity contribution in [3.8, 4) is 6.07 Å². The first kappa shape index (κ1) is 14.5. The third-order valence-electron chi connectivity index (χ3n) is 2.76. The number of hydrogen-bond acceptors (Lipinski definition) is 6. The second-order valence-corrected chi connectivity index (χ2v) is 4.80. The van der Waals surface area contributed by atoms with Gasteiger partial charge in [-0.2, -0.15) is 20.2 Å². The highest BCUT2D eigenvalue weighted by Crippen LogP contribution is 2.17. The Morgan fingerprint density at radius 3 is 2.67 bits per heavy atom. The molecule has 2 N–H and O–H groups in total. The molecule has 0 aliphatic rings. The molecule has 2 rings (SSSR count). The molecule has 0 aliphatic carbocycles. The van der Waals surface area contributed by atoms with E-state index in [0.717, 1.165) is 11.1 Å². The summed E-state index contributed by atoms with van der Waals surface area (Å²) in [6, 6.07) is 9.94. The Bertz CT molecular complexity index is 727. The molecular weight excluding hydrogens is 264 g/mol. The van der Waals surface area contributed by atoms with Gasteiger partial charge in [-0.1, -0.05) is 29.8 Å². The van der Waals surface area contributed by atoms with Crippen molar-refractivity contribution in [2.24, 2.45) is 0 Å². The van der Waals surface area contributed by atoms with Gasteiger partial charge in [0.25, 0.3) is 0 Å². The Labute approximate surface area is 123 Å². The molecule has 6 nitrogen and oxygen atoms in total. The number of benzene rings is 1. The van der Waals surface area contributed by atoms with Crippen LogP contribution in [0, 0.1) is 18.3 Å². The molecule has 0 unspecified atom stereocenters. The third-order valence-corrected chi connectivity index (χ3v) is 2.76. The van der Waals surface area contributed by atoms with Crippen molar-refractivity contribution in [1.29, 1.82) is 5.26 Å². The zero-order valence-corrected chi connectivity index (χ0v) is 12.2. The van der Waals surface area contributed by atoms with E-state index < -0.39 is 0 Å². The van der Waals surface area contributed by atoms with Gasteiger partial charge in [-0.3, -0.25) is 0 Å². The van der Waals surface area contributed by atoms with Crippen molar-refractivity contribution < 1.29 is 0 Å². The predicted octanol–water partition coefficient (Wildman–Crippen LogP) is 1.89. The summed E-state index contributed by atoms with van der Waals surface area (Å²) in [7, 11) is 3.60. The smallest absolute Gasteiger partial charge is 0.230 e. The molecule has 1 heterocycles. The number of nitrogen functional groups attached to an aromatic ring is 1. The summed E-state index contributed by atoms with van der Waals surface area (Å²) in [5, 5.41) is 9.36. The second-order valence-electron chi connectivity index (χ2n) is 4.80. The SMILES string of the molecule is Cc1cccc(/C=C(\C#N)c2nc(N)nc(N(C)C)n2)c1. The lowest BCUT2D eigenvalue weighted by molar-refractivity contribution is 0.952. The van der Waals surface area contributed by atoms with E-state index in [9.17, 15) is 5.26 Å². The van der Waals surface area contributed by atoms with Gasteiger partial charge in [0.05, 0.1) is 5.57 Å². The summed E-state index contributed by atoms with van der Waals surface area (Å²) in [6.07, 6.45) is 1.74. The Morgan fingerprint density at radius 2 is 2.05 bits per heavy atom. The number of allylic oxidation sites excluding steroid dienone is 1. The molecule has 0 fully saturated rings. The van der Waals surface area contributed by atoms with Crippen LogP contribution in [0.2, 0.25) is 0 Å². The van der Waals surface area contributed by atoms with E-state index >= 15 is 0 Å². The zero-order chi connectivity index (χ0) is 15.4. The highest BCUT2D eigenvalue weighted by atomic mass is 15.3. The maximum absolute atomic E-state index is 9.36. The standard InChI is InChI=1S/C15H16N6/c1-10-5-4-6-11(7-10)8-12(9-16)13-18-14(17)20-15(19-13)21(2)3/h4-8H,1-3H3,(H2,17,18,19,20)/b12-8+. The maximum atomic E-state index is 9.36. The predicted molar refractivity (Wildman–Crippen MR) is 83.2 cm³/mol. The van der Waals surface area contributed by atoms with Crippen LogP contribution >= 0.6 is 0 Å². The van der Waals surface area contributed by atoms with Crippen LogP contribution in [0.3, 0.4) is 0 Å². The molecule has 0 saturated carbocycles. The van der Waals surface area contributed by atoms with E-state index in [0.29, 0.717) is 11.5 Å². The van der Waals surface area contributed by atoms with Crippen LogP contribution in [-0.2, 0) is 0 Å². The summed E-state index contributed by atoms with van der Waals surface area (Å²) in [4.78, 5) is 14.0. The number of aromatic nitrogens is 3. The summed E-state index contributed by atoms with van der Waals surface area (Å²) >= 11 is 0. The van der Waals surface area contributed by atoms with Crippen molar-refractivity contribution in [3.05, 3.63) is 41.2 Å². The van der Waals surface area contributed by atoms with E-state index in [4.69, 9.17) is 5.73 Å². The Kier molecular flexibility index (Phi) is 4.14. The normalized spacial score (nSPS) is 11.0. The highest BCUT2D eigenvalue weighted by molar-refractivity contribution is 5.87. The van der Waals surface area contributed by atoms with Gasteiger partial charge in [0.1, 0.15) is 6.07 Å². The molecule has 0 bridgehead atoms. The fraction of sp³-hybridized carbons (Fsp3) is 0.200. The van der Waals surface area contributed by atoms with Crippen molar-refractivity contribution in [1.82, 2.24) is 15.0 Å². The maximum Gasteiger partial charge on any atom is 0.230 e. The van der Waals surface area contributed by atoms with Gasteiger partial charge in [0.15, 0.2) is 5.82 Å². The van der Waals surface area contributed by atoms with Gasteiger partial charge in [-0.15, -0.1) is 0 Å². The number of rotatable bonds is 3. The Balaban J connectivity index is 2.49. The molecule has 1 aromatic heterocycles. The Hall–Kier alpha value is -2.94. The van der Waals surface area contributed by atoms with Crippen molar-refractivity contribution in [2.45, 2.75) is 6.92 Å². The lowest BCUT2D eigenvalue weighted by Gasteiger charge is -2.11. The minimum atomic E-state index is 0.0918. The van der Waals surface area contributed by atoms with Crippen LogP contribution in [0.1, 0.15) is 17.0 Å². The first-order valence-electron chi connectivity index (χ1n) is 6.37. The minimum Gasteiger partial charge on any atom is -0.368 e. The molecule has 6 heteroatoms. The molecule has 0 spiro atoms. The zero-order valence-electron chi connectivity index (χ0n) is 12.2. The highest BCUT2D eigenvalue weighted by Gasteiger charge is 2.10. The number of nitriles is 1. The summed E-state index contributed by atoms with van der Waals surface area (Å²) < 4.78 is 0. The van der Waals surface area contributed by atoms with E-state index in [1.54, 1.807) is 25.1 Å². The molecule has 1 aromatic carbocycles. The quantitative estimate of drug-likeness (QED) is 0.863. The van der Waals surface area contributed by atoms with Crippen LogP contribution < -0.4 is 10.6 Å². The molecular formula is C15H16N6. The first-order chi connectivity index (χ1) is 9.99. The fourth-order valence-electron chi connectivity index (χ4n) is 1.77. The lowest BCUT2D eigenvalue weighted by Crippen LogP contribution is -2.15. The van der Waals surface area contributed by atoms with Crippen LogP contribution in [0.15, 0.2) is 24.3 Å². The van der Waals surface area contributed by atoms with Crippen molar-refractivity contribution in [3.63, 3.8) is 0 Å². The molecule has 106 valence electrons. The summed E-state index contributed by atoms with van der Waals surface area (Å²) in [6.45, 7) is 1.99. The molecule has 0 atom stereocenters. The van der Waals surface area contributed by atoms with Gasteiger partial charge < -0.3 is 10.6 Å². The van der Waals surface area contributed by atoms with E-state index in [1.165, 1.54) is 0 Å². The van der Waals surface area contributed by atoms with Gasteiger partial charge >= 0.3 is 0 Å². The molecule has 0 aliphatic heterocycles. The number of hydrogen-bond donors (Lipinski definition) is 1. The van der Waals surface area contributed by atoms with Gasteiger partial charge in [0.2, 0.25) is 11.9 Å². The number of nitrogens with zero attached hydrogens (tertiary/aromatic N) is 5. The largest absolute Gasteiger partial charge is 0.368 e. The first-order valence-corrected chi connectivity index (χ1v) is 6.37. The van der Waals surface area contributed by atoms with Crippen LogP contribution in [0.4, 0.5) is 11.9 Å². The van der Waals surface area contributed by atoms with Gasteiger partial charge in [-0.05, 0) is 18.6 Å². The second kappa shape index (κ2) is 6.01. The van der Waals surface area contributed by atoms with E-state index in [-0.39, 0.29) is 11.8 Å². The number of aryl methyl sites for hydroxylation is 1. The molecule has 0 saturated heterocycles. The van der Waals surface area contributed by atoms with Crippen LogP contribution in [0.5, 0.6) is 0 Å². The lowest BCUT2D eigenvalue weighted by atomic mass is 10.1. The molecule has 2 aromatic rings. The Morgan fingerprint density at radius 1 is 1.29 bits per heavy atom. The van der Waals surface area contributed by atoms with Crippen LogP contribution in [-0.4, -0.2) is 29.0 Å². The number of nitrogens with two attached hydrogens (primary N) is 1. The average Bonchev–Trinajstić information content (AvgIpc) is 2.44. The van der Waals surface area contributed by atoms with Crippen molar-refractivity contribution >= 4 is 23.5 Å². The van der Waals surface area contributed by atoms with Gasteiger partial charge in [0, 0.05) is 14.1 Å². The fourth-order valence-corrected chi connectivity index (χ4v) is 1.77. The summed E-state index contributed by atoms with van der Waals surface area (Å²) in [5.74, 6) is 0.784. The molecule has 0 radical (unpaired) electrons. The third kappa shape index (κ3) is 3.54. The topological polar surface area (TPSA) is 91.7 Å². The monoisotopic (exact) mass is 280 g/mol. The van der Waals surface area contributed by atoms with Gasteiger partial charge in [-0.25, -0.2) is 0 Å². The number of anilines is 2. The van der Waals surface area contributed by atoms with Crippen molar-refractivity contribution in [2.75, 3.05) is 24.7 Å². The van der Waals surface area contributed by atoms with E-state index in [1.807, 2.05) is 31.2 Å². The van der Waals surface area contributed by atoms with Crippen LogP contribution in [0.25, 0.3) is 11.6 Å². The molecule has 0 amide bonds. The summed E-state index contributed by atoms with van der Waals surface area (Å²) in [5.41, 5.74) is 8.06. The minimum absolute atomic E-state index is 0.0918.